The lowest BCUT2D eigenvalue weighted by Crippen LogP contribution is -2.26. The lowest BCUT2D eigenvalue weighted by molar-refractivity contribution is 0.790. The normalized spacial score (nSPS) is 17.1. The molecule has 0 amide bonds. The first kappa shape index (κ1) is 19.3. The number of hydrogen-bond acceptors (Lipinski definition) is 0. The van der Waals surface area contributed by atoms with E-state index in [-0.39, 0.29) is 5.41 Å². The van der Waals surface area contributed by atoms with Crippen molar-refractivity contribution in [3.8, 4) is 44.5 Å². The van der Waals surface area contributed by atoms with Gasteiger partial charge >= 0.3 is 0 Å². The van der Waals surface area contributed by atoms with Crippen LogP contribution in [0.2, 0.25) is 0 Å². The van der Waals surface area contributed by atoms with Gasteiger partial charge in [-0.2, -0.15) is 0 Å². The quantitative estimate of drug-likeness (QED) is 0.187. The molecular formula is C35H19Br. The molecule has 0 aliphatic heterocycles. The minimum Gasteiger partial charge on any atom is -0.0619 e. The Morgan fingerprint density at radius 1 is 0.444 bits per heavy atom. The van der Waals surface area contributed by atoms with Crippen LogP contribution in [-0.4, -0.2) is 0 Å². The highest BCUT2D eigenvalue weighted by atomic mass is 79.9. The Morgan fingerprint density at radius 2 is 1.03 bits per heavy atom. The highest BCUT2D eigenvalue weighted by Crippen LogP contribution is 2.66. The molecule has 0 N–H and O–H groups in total. The monoisotopic (exact) mass is 518 g/mol. The topological polar surface area (TPSA) is 0 Å². The summed E-state index contributed by atoms with van der Waals surface area (Å²) in [6, 6.07) is 43.1. The predicted molar refractivity (Wildman–Crippen MR) is 152 cm³/mol. The zero-order chi connectivity index (χ0) is 23.6. The first-order valence-corrected chi connectivity index (χ1v) is 13.3. The van der Waals surface area contributed by atoms with E-state index in [0.717, 1.165) is 0 Å². The van der Waals surface area contributed by atoms with Crippen LogP contribution >= 0.6 is 15.9 Å². The second-order valence-electron chi connectivity index (χ2n) is 10.1. The van der Waals surface area contributed by atoms with Gasteiger partial charge < -0.3 is 0 Å². The lowest BCUT2D eigenvalue weighted by atomic mass is 9.70. The maximum Gasteiger partial charge on any atom is 0.0736 e. The highest BCUT2D eigenvalue weighted by molar-refractivity contribution is 9.10. The molecule has 36 heavy (non-hydrogen) atoms. The van der Waals surface area contributed by atoms with Gasteiger partial charge in [-0.3, -0.25) is 0 Å². The molecule has 0 nitrogen and oxygen atoms in total. The van der Waals surface area contributed by atoms with Crippen molar-refractivity contribution in [2.45, 2.75) is 5.41 Å². The van der Waals surface area contributed by atoms with E-state index < -0.39 is 0 Å². The van der Waals surface area contributed by atoms with Gasteiger partial charge in [0.05, 0.1) is 5.41 Å². The summed E-state index contributed by atoms with van der Waals surface area (Å²) in [6.07, 6.45) is 0. The van der Waals surface area contributed by atoms with E-state index in [9.17, 15) is 0 Å². The Bertz CT molecular complexity index is 1960. The molecule has 0 saturated heterocycles. The minimum absolute atomic E-state index is 0.351. The molecule has 0 radical (unpaired) electrons. The third kappa shape index (κ3) is 1.99. The van der Waals surface area contributed by atoms with Gasteiger partial charge in [-0.1, -0.05) is 119 Å². The maximum absolute atomic E-state index is 4.02. The molecule has 1 heteroatoms. The summed E-state index contributed by atoms with van der Waals surface area (Å²) in [4.78, 5) is 0. The minimum atomic E-state index is -0.351. The third-order valence-electron chi connectivity index (χ3n) is 8.68. The van der Waals surface area contributed by atoms with E-state index in [2.05, 4.69) is 131 Å². The molecular weight excluding hydrogens is 500 g/mol. The van der Waals surface area contributed by atoms with Crippen LogP contribution in [0, 0.1) is 0 Å². The van der Waals surface area contributed by atoms with Crippen LogP contribution in [0.1, 0.15) is 22.3 Å². The number of benzene rings is 6. The lowest BCUT2D eigenvalue weighted by Gasteiger charge is -2.31. The molecule has 166 valence electrons. The van der Waals surface area contributed by atoms with Crippen molar-refractivity contribution in [1.82, 2.24) is 0 Å². The van der Waals surface area contributed by atoms with Crippen LogP contribution in [0.15, 0.2) is 120 Å². The fraction of sp³-hybridized carbons (Fsp3) is 0.0286. The van der Waals surface area contributed by atoms with Crippen LogP contribution in [-0.2, 0) is 5.41 Å². The molecule has 3 aliphatic rings. The van der Waals surface area contributed by atoms with Crippen molar-refractivity contribution >= 4 is 26.7 Å². The molecule has 1 unspecified atom stereocenters. The standard InChI is InChI=1S/C35H19Br/c36-31-18-8-14-24-22-11-3-5-16-28(22)35(34(24)31)29-17-6-4-12-25(29)33-26-15-7-13-23-20-9-1-2-10-21(20)27(32(23)26)19-30(33)35/h1-19H. The van der Waals surface area contributed by atoms with Gasteiger partial charge in [0.15, 0.2) is 0 Å². The third-order valence-corrected chi connectivity index (χ3v) is 9.34. The summed E-state index contributed by atoms with van der Waals surface area (Å²) in [5.41, 5.74) is 16.0. The van der Waals surface area contributed by atoms with Gasteiger partial charge in [0.2, 0.25) is 0 Å². The van der Waals surface area contributed by atoms with E-state index in [0.29, 0.717) is 0 Å². The van der Waals surface area contributed by atoms with Crippen molar-refractivity contribution in [1.29, 1.82) is 0 Å². The molecule has 0 heterocycles. The molecule has 1 spiro atoms. The molecule has 3 aliphatic carbocycles. The molecule has 0 aromatic heterocycles. The zero-order valence-corrected chi connectivity index (χ0v) is 20.9. The molecule has 6 aromatic rings. The molecule has 9 rings (SSSR count). The van der Waals surface area contributed by atoms with Gasteiger partial charge in [0.25, 0.3) is 0 Å². The van der Waals surface area contributed by atoms with Gasteiger partial charge in [0.1, 0.15) is 0 Å². The summed E-state index contributed by atoms with van der Waals surface area (Å²) < 4.78 is 1.17. The Hall–Kier alpha value is -3.94. The summed E-state index contributed by atoms with van der Waals surface area (Å²) in [6.45, 7) is 0. The smallest absolute Gasteiger partial charge is 0.0619 e. The summed E-state index contributed by atoms with van der Waals surface area (Å²) in [5.74, 6) is 0. The Labute approximate surface area is 218 Å². The summed E-state index contributed by atoms with van der Waals surface area (Å²) in [7, 11) is 0. The van der Waals surface area contributed by atoms with Crippen molar-refractivity contribution in [2.75, 3.05) is 0 Å². The number of fused-ring (bicyclic) bond motifs is 14. The Morgan fingerprint density at radius 3 is 1.83 bits per heavy atom. The molecule has 0 saturated carbocycles. The molecule has 1 atom stereocenters. The zero-order valence-electron chi connectivity index (χ0n) is 19.3. The van der Waals surface area contributed by atoms with Crippen molar-refractivity contribution < 1.29 is 0 Å². The number of hydrogen-bond donors (Lipinski definition) is 0. The molecule has 0 bridgehead atoms. The van der Waals surface area contributed by atoms with E-state index >= 15 is 0 Å². The first-order chi connectivity index (χ1) is 17.8. The first-order valence-electron chi connectivity index (χ1n) is 12.5. The van der Waals surface area contributed by atoms with Crippen molar-refractivity contribution in [3.63, 3.8) is 0 Å². The van der Waals surface area contributed by atoms with Crippen LogP contribution in [0.25, 0.3) is 55.3 Å². The Balaban J connectivity index is 1.56. The Kier molecular flexibility index (Phi) is 3.44. The maximum atomic E-state index is 4.02. The van der Waals surface area contributed by atoms with Gasteiger partial charge in [0, 0.05) is 4.47 Å². The van der Waals surface area contributed by atoms with E-state index in [1.165, 1.54) is 82.0 Å². The second kappa shape index (κ2) is 6.43. The number of rotatable bonds is 0. The predicted octanol–water partition coefficient (Wildman–Crippen LogP) is 9.59. The highest BCUT2D eigenvalue weighted by Gasteiger charge is 2.53. The van der Waals surface area contributed by atoms with Gasteiger partial charge in [-0.25, -0.2) is 0 Å². The van der Waals surface area contributed by atoms with Crippen LogP contribution in [0.4, 0.5) is 0 Å². The fourth-order valence-corrected chi connectivity index (χ4v) is 8.17. The molecule has 0 fully saturated rings. The van der Waals surface area contributed by atoms with E-state index in [1.54, 1.807) is 0 Å². The number of halogens is 1. The van der Waals surface area contributed by atoms with Crippen LogP contribution in [0.5, 0.6) is 0 Å². The second-order valence-corrected chi connectivity index (χ2v) is 11.0. The average Bonchev–Trinajstić information content (AvgIpc) is 3.53. The SMILES string of the molecule is Brc1cccc2c1C1(c3ccccc3-2)c2ccccc2-c2c1cc1c3c(cccc23)-c2ccccc2-1. The van der Waals surface area contributed by atoms with Gasteiger partial charge in [-0.05, 0) is 89.7 Å². The van der Waals surface area contributed by atoms with Crippen LogP contribution < -0.4 is 0 Å². The van der Waals surface area contributed by atoms with E-state index in [1.807, 2.05) is 0 Å². The van der Waals surface area contributed by atoms with Crippen molar-refractivity contribution in [2.24, 2.45) is 0 Å². The average molecular weight is 519 g/mol. The van der Waals surface area contributed by atoms with Crippen molar-refractivity contribution in [3.05, 3.63) is 142 Å². The largest absolute Gasteiger partial charge is 0.0736 e. The van der Waals surface area contributed by atoms with Gasteiger partial charge in [-0.15, -0.1) is 0 Å². The van der Waals surface area contributed by atoms with E-state index in [4.69, 9.17) is 0 Å². The summed E-state index contributed by atoms with van der Waals surface area (Å²) in [5, 5.41) is 2.75. The summed E-state index contributed by atoms with van der Waals surface area (Å²) >= 11 is 4.02. The fourth-order valence-electron chi connectivity index (χ4n) is 7.50. The molecule has 6 aromatic carbocycles. The van der Waals surface area contributed by atoms with Crippen LogP contribution in [0.3, 0.4) is 0 Å².